The van der Waals surface area contributed by atoms with E-state index in [2.05, 4.69) is 17.2 Å². The van der Waals surface area contributed by atoms with Gasteiger partial charge in [-0.1, -0.05) is 12.5 Å². The van der Waals surface area contributed by atoms with Gasteiger partial charge in [-0.2, -0.15) is 0 Å². The molecule has 0 aromatic rings. The molecule has 0 spiro atoms. The Hall–Kier alpha value is -2.18. The highest BCUT2D eigenvalue weighted by molar-refractivity contribution is 8.01. The summed E-state index contributed by atoms with van der Waals surface area (Å²) in [5.41, 5.74) is 5.48. The lowest BCUT2D eigenvalue weighted by molar-refractivity contribution is -0.349. The minimum Gasteiger partial charge on any atom is -0.478 e. The van der Waals surface area contributed by atoms with Gasteiger partial charge >= 0.3 is 5.97 Å². The summed E-state index contributed by atoms with van der Waals surface area (Å²) in [6.07, 6.45) is -23.0. The predicted molar refractivity (Wildman–Crippen MR) is 196 cm³/mol. The Kier molecular flexibility index (Phi) is 20.0. The predicted octanol–water partition coefficient (Wildman–Crippen LogP) is -6.93. The second-order valence-electron chi connectivity index (χ2n) is 14.3. The van der Waals surface area contributed by atoms with Crippen molar-refractivity contribution in [3.05, 3.63) is 12.7 Å². The lowest BCUT2D eigenvalue weighted by atomic mass is 9.89. The van der Waals surface area contributed by atoms with Crippen LogP contribution in [0, 0.1) is 0 Å². The van der Waals surface area contributed by atoms with Crippen molar-refractivity contribution < 1.29 is 99.3 Å². The molecule has 3 saturated heterocycles. The number of amides is 2. The first kappa shape index (κ1) is 50.2. The fourth-order valence-electron chi connectivity index (χ4n) is 6.76. The van der Waals surface area contributed by atoms with Gasteiger partial charge < -0.3 is 101 Å². The van der Waals surface area contributed by atoms with Gasteiger partial charge in [-0.3, -0.25) is 9.59 Å². The number of carboxylic acids is 1. The van der Waals surface area contributed by atoms with E-state index in [0.29, 0.717) is 19.4 Å². The molecule has 16 N–H and O–H groups in total. The number of hydrogen-bond donors (Lipinski definition) is 15. The first-order valence-corrected chi connectivity index (χ1v) is 19.6. The molecule has 0 aliphatic carbocycles. The Morgan fingerprint density at radius 2 is 1.60 bits per heavy atom. The molecule has 0 aromatic carbocycles. The first-order chi connectivity index (χ1) is 27.4. The summed E-state index contributed by atoms with van der Waals surface area (Å²) in [6.45, 7) is 1.67. The number of carboxylic acid groups (broad SMARTS) is 1. The van der Waals surface area contributed by atoms with Crippen molar-refractivity contribution in [2.45, 2.75) is 147 Å². The summed E-state index contributed by atoms with van der Waals surface area (Å²) in [6, 6.07) is -2.59. The maximum atomic E-state index is 12.9. The maximum absolute atomic E-state index is 12.9. The van der Waals surface area contributed by atoms with Gasteiger partial charge in [0.25, 0.3) is 0 Å². The van der Waals surface area contributed by atoms with Crippen molar-refractivity contribution in [1.29, 1.82) is 0 Å². The number of unbranched alkanes of at least 4 members (excludes halogenated alkanes) is 2. The highest BCUT2D eigenvalue weighted by atomic mass is 32.2. The van der Waals surface area contributed by atoms with Gasteiger partial charge in [-0.05, 0) is 19.4 Å². The van der Waals surface area contributed by atoms with Gasteiger partial charge in [-0.15, -0.1) is 18.3 Å². The fraction of sp³-hybridized carbons (Fsp3) is 0.853. The Labute approximate surface area is 337 Å². The van der Waals surface area contributed by atoms with Crippen LogP contribution in [0.3, 0.4) is 0 Å². The molecule has 24 heteroatoms. The molecule has 336 valence electrons. The van der Waals surface area contributed by atoms with Crippen LogP contribution in [0.5, 0.6) is 0 Å². The molecule has 0 radical (unpaired) electrons. The van der Waals surface area contributed by atoms with Gasteiger partial charge in [0.05, 0.1) is 62.1 Å². The number of nitrogens with one attached hydrogen (secondary N) is 2. The van der Waals surface area contributed by atoms with E-state index in [1.165, 1.54) is 0 Å². The monoisotopic (exact) mass is 861 g/mol. The second kappa shape index (κ2) is 23.2. The van der Waals surface area contributed by atoms with E-state index in [4.69, 9.17) is 29.4 Å². The van der Waals surface area contributed by atoms with Crippen molar-refractivity contribution in [1.82, 2.24) is 10.6 Å². The van der Waals surface area contributed by atoms with Crippen LogP contribution in [-0.4, -0.2) is 220 Å². The molecule has 3 rings (SSSR count). The smallest absolute Gasteiger partial charge is 0.346 e. The Morgan fingerprint density at radius 1 is 0.948 bits per heavy atom. The third-order valence-corrected chi connectivity index (χ3v) is 11.6. The van der Waals surface area contributed by atoms with Crippen molar-refractivity contribution in [2.24, 2.45) is 5.73 Å². The fourth-order valence-corrected chi connectivity index (χ4v) is 8.32. The molecule has 0 aromatic heterocycles. The zero-order valence-electron chi connectivity index (χ0n) is 31.8. The zero-order valence-corrected chi connectivity index (χ0v) is 32.6. The number of carbonyl (C=O) groups is 3. The highest BCUT2D eigenvalue weighted by Crippen LogP contribution is 2.46. The highest BCUT2D eigenvalue weighted by Gasteiger charge is 2.59. The maximum Gasteiger partial charge on any atom is 0.346 e. The number of aliphatic carboxylic acids is 1. The summed E-state index contributed by atoms with van der Waals surface area (Å²) < 4.78 is 28.3. The average Bonchev–Trinajstić information content (AvgIpc) is 3.19. The number of thioether (sulfide) groups is 1. The van der Waals surface area contributed by atoms with E-state index in [-0.39, 0.29) is 18.2 Å². The molecule has 0 unspecified atom stereocenters. The van der Waals surface area contributed by atoms with Gasteiger partial charge in [0.15, 0.2) is 12.6 Å². The second-order valence-corrected chi connectivity index (χ2v) is 15.7. The van der Waals surface area contributed by atoms with Crippen LogP contribution in [-0.2, 0) is 38.1 Å². The van der Waals surface area contributed by atoms with Gasteiger partial charge in [-0.25, -0.2) is 4.79 Å². The summed E-state index contributed by atoms with van der Waals surface area (Å²) >= 11 is 0.200. The number of rotatable bonds is 22. The quantitative estimate of drug-likeness (QED) is 0.0355. The average molecular weight is 862 g/mol. The number of hydrogen-bond acceptors (Lipinski definition) is 21. The van der Waals surface area contributed by atoms with E-state index >= 15 is 0 Å². The Bertz CT molecular complexity index is 1320. The number of aliphatic hydroxyl groups is 11. The van der Waals surface area contributed by atoms with Crippen molar-refractivity contribution >= 4 is 29.5 Å². The van der Waals surface area contributed by atoms with Crippen LogP contribution in [0.1, 0.15) is 39.0 Å². The summed E-state index contributed by atoms with van der Waals surface area (Å²) in [7, 11) is 0. The SMILES string of the molecule is C=C[C@@H](O)[C@H](CO[C@@H]1O[C@H](CO)[C@@H](O[C@@H]2O[C@H](CO)[C@H](O)[C@H](S[C@]3(C(=O)O)C[C@H](O)[C@@H](NC(C)=O)[C@H]([C@H](O)[C@H](O)CO)O3)[C@H]2O)[C@H](O)[C@H]1O)NC(=O)CCCCCN. The van der Waals surface area contributed by atoms with Crippen LogP contribution in [0.15, 0.2) is 12.7 Å². The molecular formula is C34H59N3O20S. The molecule has 0 saturated carbocycles. The minimum atomic E-state index is -2.66. The Balaban J connectivity index is 1.81. The van der Waals surface area contributed by atoms with Crippen LogP contribution < -0.4 is 16.4 Å². The van der Waals surface area contributed by atoms with Crippen molar-refractivity contribution in [3.63, 3.8) is 0 Å². The third kappa shape index (κ3) is 12.5. The number of carbonyl (C=O) groups excluding carboxylic acids is 2. The normalized spacial score (nSPS) is 37.6. The lowest BCUT2D eigenvalue weighted by Gasteiger charge is -2.50. The topological polar surface area (TPSA) is 390 Å². The van der Waals surface area contributed by atoms with Gasteiger partial charge in [0.1, 0.15) is 54.9 Å². The van der Waals surface area contributed by atoms with E-state index in [1.54, 1.807) is 0 Å². The lowest BCUT2D eigenvalue weighted by Crippen LogP contribution is -2.68. The summed E-state index contributed by atoms with van der Waals surface area (Å²) in [5, 5.41) is 131. The van der Waals surface area contributed by atoms with Crippen LogP contribution in [0.25, 0.3) is 0 Å². The molecule has 3 aliphatic heterocycles. The molecule has 3 aliphatic rings. The molecule has 3 heterocycles. The molecule has 23 nitrogen and oxygen atoms in total. The van der Waals surface area contributed by atoms with Gasteiger partial charge in [0, 0.05) is 19.8 Å². The summed E-state index contributed by atoms with van der Waals surface area (Å²) in [5.74, 6) is -2.96. The first-order valence-electron chi connectivity index (χ1n) is 18.7. The molecule has 18 atom stereocenters. The Morgan fingerprint density at radius 3 is 2.17 bits per heavy atom. The van der Waals surface area contributed by atoms with Crippen LogP contribution in [0.2, 0.25) is 0 Å². The number of aliphatic hydroxyl groups excluding tert-OH is 11. The van der Waals surface area contributed by atoms with E-state index in [0.717, 1.165) is 19.4 Å². The van der Waals surface area contributed by atoms with E-state index < -0.39 is 159 Å². The van der Waals surface area contributed by atoms with Crippen molar-refractivity contribution in [3.8, 4) is 0 Å². The standard InChI is InChI=1S/C34H59N3O20S/c1-3-16(42)15(37-21(45)7-5-4-6-8-35)13-53-31-26(49)25(48)28(20(12-40)55-31)56-32-27(50)30(24(47)19(11-39)54-32)58-34(33(51)52)9-17(43)22(36-14(2)41)29(57-34)23(46)18(44)10-38/h3,15-20,22-32,38-40,42-44,46-50H,1,4-13,35H2,2H3,(H,36,41)(H,37,45)(H,51,52)/t15-,16+,17-,18+,19+,20+,22+,23+,24-,25+,26+,27+,28+,29+,30-,31+,32-,34-/m0/s1. The summed E-state index contributed by atoms with van der Waals surface area (Å²) in [4.78, 5) is 34.6. The van der Waals surface area contributed by atoms with Crippen molar-refractivity contribution in [2.75, 3.05) is 33.0 Å². The largest absolute Gasteiger partial charge is 0.478 e. The third-order valence-electron chi connectivity index (χ3n) is 9.99. The molecule has 0 bridgehead atoms. The van der Waals surface area contributed by atoms with Gasteiger partial charge in [0.2, 0.25) is 16.7 Å². The van der Waals surface area contributed by atoms with E-state index in [9.17, 15) is 75.7 Å². The molecule has 58 heavy (non-hydrogen) atoms. The molecular weight excluding hydrogens is 802 g/mol. The van der Waals surface area contributed by atoms with Crippen LogP contribution >= 0.6 is 11.8 Å². The van der Waals surface area contributed by atoms with Crippen LogP contribution in [0.4, 0.5) is 0 Å². The number of nitrogens with two attached hydrogens (primary N) is 1. The zero-order chi connectivity index (χ0) is 43.5. The minimum absolute atomic E-state index is 0.125. The molecule has 2 amide bonds. The molecule has 3 fully saturated rings. The van der Waals surface area contributed by atoms with E-state index in [1.807, 2.05) is 0 Å². The number of ether oxygens (including phenoxy) is 5.